The van der Waals surface area contributed by atoms with E-state index in [1.165, 1.54) is 16.7 Å². The van der Waals surface area contributed by atoms with Crippen molar-refractivity contribution in [1.82, 2.24) is 9.97 Å². The Labute approximate surface area is 108 Å². The highest BCUT2D eigenvalue weighted by atomic mass is 16.3. The summed E-state index contributed by atoms with van der Waals surface area (Å²) in [4.78, 5) is 7.25. The third-order valence-electron chi connectivity index (χ3n) is 3.35. The zero-order valence-corrected chi connectivity index (χ0v) is 11.2. The third kappa shape index (κ3) is 2.79. The molecule has 0 fully saturated rings. The molecule has 1 heterocycles. The molecule has 0 saturated carbocycles. The number of aromatic nitrogens is 2. The van der Waals surface area contributed by atoms with Crippen LogP contribution in [0.2, 0.25) is 0 Å². The number of rotatable bonds is 4. The fourth-order valence-corrected chi connectivity index (χ4v) is 2.26. The topological polar surface area (TPSA) is 48.9 Å². The van der Waals surface area contributed by atoms with Crippen LogP contribution >= 0.6 is 0 Å². The Kier molecular flexibility index (Phi) is 3.82. The van der Waals surface area contributed by atoms with Gasteiger partial charge >= 0.3 is 0 Å². The van der Waals surface area contributed by atoms with Crippen LogP contribution in [-0.2, 0) is 6.42 Å². The van der Waals surface area contributed by atoms with Crippen molar-refractivity contribution in [2.45, 2.75) is 39.7 Å². The third-order valence-corrected chi connectivity index (χ3v) is 3.35. The number of imidazole rings is 1. The van der Waals surface area contributed by atoms with E-state index in [1.807, 2.05) is 6.92 Å². The lowest BCUT2D eigenvalue weighted by Gasteiger charge is -2.12. The van der Waals surface area contributed by atoms with Gasteiger partial charge in [-0.2, -0.15) is 0 Å². The second-order valence-corrected chi connectivity index (χ2v) is 4.88. The van der Waals surface area contributed by atoms with Crippen LogP contribution < -0.4 is 0 Å². The van der Waals surface area contributed by atoms with Crippen LogP contribution in [0.15, 0.2) is 24.4 Å². The molecular weight excluding hydrogens is 224 g/mol. The number of aromatic amines is 1. The summed E-state index contributed by atoms with van der Waals surface area (Å²) in [5.74, 6) is 0.665. The van der Waals surface area contributed by atoms with E-state index in [0.29, 0.717) is 12.2 Å². The van der Waals surface area contributed by atoms with Gasteiger partial charge in [0, 0.05) is 11.9 Å². The molecule has 2 N–H and O–H groups in total. The first kappa shape index (κ1) is 12.8. The van der Waals surface area contributed by atoms with Gasteiger partial charge in [-0.3, -0.25) is 0 Å². The molecule has 1 unspecified atom stereocenters. The van der Waals surface area contributed by atoms with E-state index in [-0.39, 0.29) is 0 Å². The summed E-state index contributed by atoms with van der Waals surface area (Å²) in [5, 5.41) is 10.1. The summed E-state index contributed by atoms with van der Waals surface area (Å²) in [6, 6.07) is 6.30. The first-order chi connectivity index (χ1) is 8.58. The van der Waals surface area contributed by atoms with Gasteiger partial charge in [-0.1, -0.05) is 18.2 Å². The molecule has 0 aliphatic heterocycles. The Balaban J connectivity index is 2.03. The highest BCUT2D eigenvalue weighted by Gasteiger charge is 2.12. The molecule has 96 valence electrons. The molecule has 2 aromatic rings. The van der Waals surface area contributed by atoms with Gasteiger partial charge in [0.25, 0.3) is 0 Å². The van der Waals surface area contributed by atoms with Crippen molar-refractivity contribution in [1.29, 1.82) is 0 Å². The summed E-state index contributed by atoms with van der Waals surface area (Å²) >= 11 is 0. The molecule has 0 saturated heterocycles. The lowest BCUT2D eigenvalue weighted by atomic mass is 9.97. The molecule has 0 aliphatic rings. The smallest absolute Gasteiger partial charge is 0.135 e. The fourth-order valence-electron chi connectivity index (χ4n) is 2.26. The number of hydrogen-bond acceptors (Lipinski definition) is 2. The first-order valence-electron chi connectivity index (χ1n) is 6.32. The molecule has 0 bridgehead atoms. The van der Waals surface area contributed by atoms with E-state index < -0.39 is 6.10 Å². The van der Waals surface area contributed by atoms with Crippen molar-refractivity contribution in [3.63, 3.8) is 0 Å². The Morgan fingerprint density at radius 3 is 2.44 bits per heavy atom. The van der Waals surface area contributed by atoms with Gasteiger partial charge in [0.1, 0.15) is 11.9 Å². The van der Waals surface area contributed by atoms with Gasteiger partial charge < -0.3 is 10.1 Å². The maximum atomic E-state index is 10.1. The number of H-pyrrole nitrogens is 1. The number of aryl methyl sites for hydroxylation is 3. The number of hydrogen-bond donors (Lipinski definition) is 2. The zero-order chi connectivity index (χ0) is 13.1. The second kappa shape index (κ2) is 5.36. The Morgan fingerprint density at radius 2 is 1.89 bits per heavy atom. The minimum absolute atomic E-state index is 0.516. The molecule has 3 nitrogen and oxygen atoms in total. The molecule has 0 radical (unpaired) electrons. The average molecular weight is 244 g/mol. The molecule has 3 heteroatoms. The predicted molar refractivity (Wildman–Crippen MR) is 72.5 cm³/mol. The lowest BCUT2D eigenvalue weighted by molar-refractivity contribution is 0.159. The molecule has 1 aromatic heterocycles. The molecule has 1 atom stereocenters. The van der Waals surface area contributed by atoms with E-state index in [1.54, 1.807) is 6.20 Å². The molecule has 0 amide bonds. The zero-order valence-electron chi connectivity index (χ0n) is 11.2. The largest absolute Gasteiger partial charge is 0.385 e. The number of nitrogens with one attached hydrogen (secondary N) is 1. The van der Waals surface area contributed by atoms with Gasteiger partial charge in [-0.15, -0.1) is 0 Å². The maximum Gasteiger partial charge on any atom is 0.135 e. The molecule has 18 heavy (non-hydrogen) atoms. The van der Waals surface area contributed by atoms with E-state index in [0.717, 1.165) is 12.1 Å². The highest BCUT2D eigenvalue weighted by molar-refractivity contribution is 5.33. The van der Waals surface area contributed by atoms with Crippen molar-refractivity contribution in [2.24, 2.45) is 0 Å². The van der Waals surface area contributed by atoms with Gasteiger partial charge in [-0.25, -0.2) is 4.98 Å². The van der Waals surface area contributed by atoms with E-state index >= 15 is 0 Å². The van der Waals surface area contributed by atoms with Crippen molar-refractivity contribution >= 4 is 0 Å². The van der Waals surface area contributed by atoms with E-state index in [4.69, 9.17) is 0 Å². The van der Waals surface area contributed by atoms with Gasteiger partial charge in [0.2, 0.25) is 0 Å². The molecule has 2 rings (SSSR count). The summed E-state index contributed by atoms with van der Waals surface area (Å²) in [7, 11) is 0. The average Bonchev–Trinajstić information content (AvgIpc) is 2.75. The quantitative estimate of drug-likeness (QED) is 0.868. The standard InChI is InChI=1S/C15H20N2O/c1-10-5-4-6-11(2)13(10)7-8-14(18)15-16-9-12(3)17-15/h4-6,9,14,18H,7-8H2,1-3H3,(H,16,17). The Hall–Kier alpha value is -1.61. The van der Waals surface area contributed by atoms with Gasteiger partial charge in [0.15, 0.2) is 0 Å². The number of benzene rings is 1. The summed E-state index contributed by atoms with van der Waals surface area (Å²) < 4.78 is 0. The first-order valence-corrected chi connectivity index (χ1v) is 6.32. The molecule has 0 spiro atoms. The van der Waals surface area contributed by atoms with Crippen LogP contribution in [0, 0.1) is 20.8 Å². The SMILES string of the molecule is Cc1cnc(C(O)CCc2c(C)cccc2C)[nH]1. The number of aliphatic hydroxyl groups excluding tert-OH is 1. The molecular formula is C15H20N2O. The summed E-state index contributed by atoms with van der Waals surface area (Å²) in [5.41, 5.74) is 4.90. The fraction of sp³-hybridized carbons (Fsp3) is 0.400. The van der Waals surface area contributed by atoms with Crippen LogP contribution in [0.4, 0.5) is 0 Å². The monoisotopic (exact) mass is 244 g/mol. The van der Waals surface area contributed by atoms with Crippen molar-refractivity contribution in [3.05, 3.63) is 52.6 Å². The van der Waals surface area contributed by atoms with Crippen molar-refractivity contribution in [2.75, 3.05) is 0 Å². The maximum absolute atomic E-state index is 10.1. The summed E-state index contributed by atoms with van der Waals surface area (Å²) in [6.45, 7) is 6.17. The van der Waals surface area contributed by atoms with Crippen LogP contribution in [0.25, 0.3) is 0 Å². The van der Waals surface area contributed by atoms with Gasteiger partial charge in [-0.05, 0) is 50.3 Å². The lowest BCUT2D eigenvalue weighted by Crippen LogP contribution is -2.03. The second-order valence-electron chi connectivity index (χ2n) is 4.88. The van der Waals surface area contributed by atoms with Crippen LogP contribution in [0.1, 0.15) is 40.7 Å². The normalized spacial score (nSPS) is 12.7. The Morgan fingerprint density at radius 1 is 1.22 bits per heavy atom. The number of aliphatic hydroxyl groups is 1. The Bertz CT molecular complexity index is 511. The minimum atomic E-state index is -0.516. The van der Waals surface area contributed by atoms with Crippen molar-refractivity contribution in [3.8, 4) is 0 Å². The number of nitrogens with zero attached hydrogens (tertiary/aromatic N) is 1. The molecule has 0 aliphatic carbocycles. The highest BCUT2D eigenvalue weighted by Crippen LogP contribution is 2.20. The van der Waals surface area contributed by atoms with Crippen LogP contribution in [-0.4, -0.2) is 15.1 Å². The van der Waals surface area contributed by atoms with Crippen molar-refractivity contribution < 1.29 is 5.11 Å². The predicted octanol–water partition coefficient (Wildman–Crippen LogP) is 3.00. The van der Waals surface area contributed by atoms with Crippen LogP contribution in [0.3, 0.4) is 0 Å². The van der Waals surface area contributed by atoms with E-state index in [9.17, 15) is 5.11 Å². The minimum Gasteiger partial charge on any atom is -0.385 e. The molecule has 1 aromatic carbocycles. The van der Waals surface area contributed by atoms with Gasteiger partial charge in [0.05, 0.1) is 0 Å². The van der Waals surface area contributed by atoms with Crippen LogP contribution in [0.5, 0.6) is 0 Å². The summed E-state index contributed by atoms with van der Waals surface area (Å²) in [6.07, 6.45) is 2.80. The van der Waals surface area contributed by atoms with E-state index in [2.05, 4.69) is 42.0 Å².